The monoisotopic (exact) mass is 551 g/mol. The van der Waals surface area contributed by atoms with Gasteiger partial charge in [0.25, 0.3) is 0 Å². The minimum Gasteiger partial charge on any atom is -0.493 e. The number of ether oxygens (including phenoxy) is 4. The highest BCUT2D eigenvalue weighted by Gasteiger charge is 2.80. The lowest BCUT2D eigenvalue weighted by molar-refractivity contribution is -0.283. The zero-order chi connectivity index (χ0) is 27.4. The van der Waals surface area contributed by atoms with Gasteiger partial charge in [-0.15, -0.1) is 0 Å². The molecule has 2 aliphatic heterocycles. The van der Waals surface area contributed by atoms with Crippen molar-refractivity contribution in [1.29, 1.82) is 0 Å². The predicted octanol–water partition coefficient (Wildman–Crippen LogP) is 6.29. The van der Waals surface area contributed by atoms with E-state index in [0.29, 0.717) is 25.2 Å². The summed E-state index contributed by atoms with van der Waals surface area (Å²) in [5, 5.41) is 2.55. The number of hydrogen-bond acceptors (Lipinski definition) is 5. The molecule has 5 fully saturated rings. The van der Waals surface area contributed by atoms with Gasteiger partial charge in [-0.3, -0.25) is 4.90 Å². The maximum Gasteiger partial charge on any atom is 0.165 e. The van der Waals surface area contributed by atoms with Gasteiger partial charge in [-0.25, -0.2) is 0 Å². The second-order valence-corrected chi connectivity index (χ2v) is 13.9. The summed E-state index contributed by atoms with van der Waals surface area (Å²) in [7, 11) is 3.71. The maximum atomic E-state index is 7.18. The predicted molar refractivity (Wildman–Crippen MR) is 159 cm³/mol. The summed E-state index contributed by atoms with van der Waals surface area (Å²) >= 11 is 0. The molecule has 2 spiro atoms. The molecule has 0 amide bonds. The zero-order valence-electron chi connectivity index (χ0n) is 24.4. The first-order valence-electron chi connectivity index (χ1n) is 15.8. The van der Waals surface area contributed by atoms with E-state index < -0.39 is 0 Å². The van der Waals surface area contributed by atoms with Crippen LogP contribution in [0.2, 0.25) is 0 Å². The van der Waals surface area contributed by atoms with Crippen LogP contribution >= 0.6 is 0 Å². The lowest BCUT2D eigenvalue weighted by Crippen LogP contribution is -2.81. The molecule has 0 aromatic heterocycles. The Kier molecular flexibility index (Phi) is 5.30. The Balaban J connectivity index is 1.11. The Hall–Kier alpha value is -2.60. The average Bonchev–Trinajstić information content (AvgIpc) is 3.75. The highest BCUT2D eigenvalue weighted by Crippen LogP contribution is 2.76. The molecule has 1 saturated heterocycles. The topological polar surface area (TPSA) is 40.2 Å². The molecule has 2 unspecified atom stereocenters. The molecule has 214 valence electrons. The Morgan fingerprint density at radius 1 is 0.976 bits per heavy atom. The van der Waals surface area contributed by atoms with E-state index in [1.807, 2.05) is 7.11 Å². The van der Waals surface area contributed by atoms with Crippen molar-refractivity contribution in [3.05, 3.63) is 71.3 Å². The number of methoxy groups -OCH3 is 2. The lowest BCUT2D eigenvalue weighted by atomic mass is 9.35. The summed E-state index contributed by atoms with van der Waals surface area (Å²) in [4.78, 5) is 2.91. The van der Waals surface area contributed by atoms with Crippen molar-refractivity contribution in [3.63, 3.8) is 0 Å². The number of benzene rings is 3. The van der Waals surface area contributed by atoms with Crippen LogP contribution in [0.5, 0.6) is 11.5 Å². The quantitative estimate of drug-likeness (QED) is 0.329. The van der Waals surface area contributed by atoms with Gasteiger partial charge in [0.1, 0.15) is 11.7 Å². The van der Waals surface area contributed by atoms with Crippen LogP contribution in [0.3, 0.4) is 0 Å². The first-order valence-corrected chi connectivity index (χ1v) is 15.8. The van der Waals surface area contributed by atoms with Gasteiger partial charge in [-0.05, 0) is 85.4 Å². The summed E-state index contributed by atoms with van der Waals surface area (Å²) in [6.07, 6.45) is 8.50. The molecule has 4 saturated carbocycles. The Morgan fingerprint density at radius 3 is 2.71 bits per heavy atom. The number of piperidine rings is 1. The molecule has 10 rings (SSSR count). The molecular weight excluding hydrogens is 510 g/mol. The van der Waals surface area contributed by atoms with Crippen molar-refractivity contribution in [2.45, 2.75) is 74.7 Å². The molecule has 0 N–H and O–H groups in total. The molecule has 3 aromatic rings. The highest BCUT2D eigenvalue weighted by molar-refractivity contribution is 5.85. The summed E-state index contributed by atoms with van der Waals surface area (Å²) < 4.78 is 26.5. The van der Waals surface area contributed by atoms with Crippen LogP contribution in [0.4, 0.5) is 0 Å². The zero-order valence-corrected chi connectivity index (χ0v) is 24.4. The molecule has 4 bridgehead atoms. The smallest absolute Gasteiger partial charge is 0.165 e. The number of likely N-dealkylation sites (tertiary alicyclic amines) is 1. The molecule has 3 aromatic carbocycles. The van der Waals surface area contributed by atoms with E-state index in [2.05, 4.69) is 59.5 Å². The second kappa shape index (κ2) is 8.72. The minimum atomic E-state index is -0.359. The van der Waals surface area contributed by atoms with Gasteiger partial charge >= 0.3 is 0 Å². The normalized spacial score (nSPS) is 36.3. The van der Waals surface area contributed by atoms with Crippen molar-refractivity contribution >= 4 is 10.8 Å². The van der Waals surface area contributed by atoms with E-state index in [9.17, 15) is 0 Å². The van der Waals surface area contributed by atoms with E-state index in [-0.39, 0.29) is 22.5 Å². The molecule has 2 heterocycles. The minimum absolute atomic E-state index is 0.00424. The van der Waals surface area contributed by atoms with Crippen molar-refractivity contribution in [3.8, 4) is 11.5 Å². The first-order chi connectivity index (χ1) is 20.1. The number of rotatable bonds is 8. The molecule has 5 heteroatoms. The van der Waals surface area contributed by atoms with Crippen LogP contribution in [0, 0.1) is 17.3 Å². The van der Waals surface area contributed by atoms with E-state index in [4.69, 9.17) is 18.9 Å². The van der Waals surface area contributed by atoms with Gasteiger partial charge in [0, 0.05) is 42.0 Å². The van der Waals surface area contributed by atoms with Gasteiger partial charge in [-0.2, -0.15) is 0 Å². The van der Waals surface area contributed by atoms with Crippen LogP contribution in [0.25, 0.3) is 10.8 Å². The van der Waals surface area contributed by atoms with Gasteiger partial charge in [-0.1, -0.05) is 48.5 Å². The van der Waals surface area contributed by atoms with E-state index in [1.165, 1.54) is 59.8 Å². The number of nitrogens with zero attached hydrogens (tertiary/aromatic N) is 1. The fraction of sp³-hybridized carbons (Fsp3) is 0.556. The third-order valence-corrected chi connectivity index (χ3v) is 12.5. The van der Waals surface area contributed by atoms with Crippen LogP contribution in [0.15, 0.2) is 54.6 Å². The van der Waals surface area contributed by atoms with Gasteiger partial charge in [0.05, 0.1) is 20.3 Å². The Bertz CT molecular complexity index is 1530. The molecule has 6 atom stereocenters. The Labute approximate surface area is 243 Å². The second-order valence-electron chi connectivity index (χ2n) is 13.9. The van der Waals surface area contributed by atoms with Gasteiger partial charge in [0.15, 0.2) is 11.5 Å². The van der Waals surface area contributed by atoms with Crippen molar-refractivity contribution in [1.82, 2.24) is 4.90 Å². The fourth-order valence-corrected chi connectivity index (χ4v) is 10.6. The van der Waals surface area contributed by atoms with Crippen LogP contribution < -0.4 is 9.47 Å². The van der Waals surface area contributed by atoms with Crippen molar-refractivity contribution < 1.29 is 18.9 Å². The van der Waals surface area contributed by atoms with Crippen LogP contribution in [-0.2, 0) is 27.9 Å². The van der Waals surface area contributed by atoms with E-state index >= 15 is 0 Å². The fourth-order valence-electron chi connectivity index (χ4n) is 10.6. The first kappa shape index (κ1) is 24.9. The molecule has 7 aliphatic rings. The summed E-state index contributed by atoms with van der Waals surface area (Å²) in [6, 6.07) is 20.2. The molecule has 5 aliphatic carbocycles. The van der Waals surface area contributed by atoms with Gasteiger partial charge < -0.3 is 18.9 Å². The van der Waals surface area contributed by atoms with Crippen LogP contribution in [-0.4, -0.2) is 56.6 Å². The van der Waals surface area contributed by atoms with Crippen LogP contribution in [0.1, 0.15) is 55.2 Å². The van der Waals surface area contributed by atoms with E-state index in [0.717, 1.165) is 43.1 Å². The van der Waals surface area contributed by atoms with E-state index in [1.54, 1.807) is 7.11 Å². The van der Waals surface area contributed by atoms with Gasteiger partial charge in [0.2, 0.25) is 0 Å². The molecule has 5 nitrogen and oxygen atoms in total. The summed E-state index contributed by atoms with van der Waals surface area (Å²) in [5.74, 6) is 3.08. The highest BCUT2D eigenvalue weighted by atomic mass is 16.6. The summed E-state index contributed by atoms with van der Waals surface area (Å²) in [6.45, 7) is 3.76. The standard InChI is InChI=1S/C36H41NO4/c1-38-29-13-12-25-18-30-34-14-15-36(39-2,27(19-34)22-40-21-26-8-5-7-24-6-3-4-9-28(24)26)33-35(34,31(25)32(29)41-33)16-17-37(30)20-23-10-11-23/h3-9,12-13,23,27,30,33H,10-11,14-22H2,1-2H3/t27-,30?,33-,34-,35?,36-/m1/s1. The SMILES string of the molecule is COc1ccc2c3c1O[C@@H]1C34CCN(CC3CC3)C(C2)[C@]42CC[C@@]1(OC)[C@@H](COCc1cccc3ccccc13)C2. The molecular formula is C36H41NO4. The lowest BCUT2D eigenvalue weighted by Gasteiger charge is -2.74. The van der Waals surface area contributed by atoms with Crippen molar-refractivity contribution in [2.75, 3.05) is 33.9 Å². The maximum absolute atomic E-state index is 7.18. The average molecular weight is 552 g/mol. The third kappa shape index (κ3) is 3.13. The summed E-state index contributed by atoms with van der Waals surface area (Å²) in [5.41, 5.74) is 4.04. The Morgan fingerprint density at radius 2 is 1.85 bits per heavy atom. The molecule has 0 radical (unpaired) electrons. The molecule has 41 heavy (non-hydrogen) atoms. The number of hydrogen-bond donors (Lipinski definition) is 0. The van der Waals surface area contributed by atoms with Crippen molar-refractivity contribution in [2.24, 2.45) is 17.3 Å². The largest absolute Gasteiger partial charge is 0.493 e. The third-order valence-electron chi connectivity index (χ3n) is 12.5. The number of fused-ring (bicyclic) bond motifs is 3.